The van der Waals surface area contributed by atoms with E-state index in [0.29, 0.717) is 40.2 Å². The molecule has 1 saturated carbocycles. The fourth-order valence-electron chi connectivity index (χ4n) is 5.76. The number of carbonyl (C=O) groups is 2. The summed E-state index contributed by atoms with van der Waals surface area (Å²) in [6, 6.07) is 12.6. The second-order valence-electron chi connectivity index (χ2n) is 10.5. The van der Waals surface area contributed by atoms with Gasteiger partial charge in [-0.1, -0.05) is 53.0 Å². The van der Waals surface area contributed by atoms with E-state index in [4.69, 9.17) is 34.8 Å². The van der Waals surface area contributed by atoms with Crippen molar-refractivity contribution in [2.24, 2.45) is 5.92 Å². The lowest BCUT2D eigenvalue weighted by molar-refractivity contribution is -0.131. The lowest BCUT2D eigenvalue weighted by Crippen LogP contribution is -2.60. The van der Waals surface area contributed by atoms with Gasteiger partial charge in [0.2, 0.25) is 11.8 Å². The minimum atomic E-state index is -0.689. The molecule has 8 heteroatoms. The first-order valence-corrected chi connectivity index (χ1v) is 14.0. The largest absolute Gasteiger partial charge is 0.350 e. The fourth-order valence-corrected chi connectivity index (χ4v) is 6.48. The van der Waals surface area contributed by atoms with E-state index >= 15 is 0 Å². The Morgan fingerprint density at radius 1 is 1.00 bits per heavy atom. The van der Waals surface area contributed by atoms with Gasteiger partial charge >= 0.3 is 0 Å². The molecule has 4 fully saturated rings. The van der Waals surface area contributed by atoms with Crippen LogP contribution in [-0.4, -0.2) is 48.4 Å². The smallest absolute Gasteiger partial charge is 0.242 e. The van der Waals surface area contributed by atoms with Crippen LogP contribution in [0.1, 0.15) is 49.7 Å². The van der Waals surface area contributed by atoms with Crippen LogP contribution >= 0.6 is 34.8 Å². The third-order valence-electron chi connectivity index (χ3n) is 8.11. The van der Waals surface area contributed by atoms with Gasteiger partial charge in [0.1, 0.15) is 6.04 Å². The van der Waals surface area contributed by atoms with Crippen LogP contribution in [0.25, 0.3) is 0 Å². The first-order valence-electron chi connectivity index (χ1n) is 12.9. The first-order chi connectivity index (χ1) is 17.3. The van der Waals surface area contributed by atoms with Crippen molar-refractivity contribution in [3.63, 3.8) is 0 Å². The van der Waals surface area contributed by atoms with Gasteiger partial charge in [0.25, 0.3) is 0 Å². The number of nitrogens with zero attached hydrogens (tertiary/aromatic N) is 1. The van der Waals surface area contributed by atoms with Gasteiger partial charge in [0.05, 0.1) is 5.41 Å². The minimum Gasteiger partial charge on any atom is -0.350 e. The van der Waals surface area contributed by atoms with Gasteiger partial charge in [-0.15, -0.1) is 0 Å². The molecule has 2 amide bonds. The first kappa shape index (κ1) is 25.8. The zero-order chi connectivity index (χ0) is 25.3. The maximum Gasteiger partial charge on any atom is 0.242 e. The second-order valence-corrected chi connectivity index (χ2v) is 11.8. The summed E-state index contributed by atoms with van der Waals surface area (Å²) in [5.41, 5.74) is 1.25. The Kier molecular flexibility index (Phi) is 7.83. The number of piperidine rings is 3. The summed E-state index contributed by atoms with van der Waals surface area (Å²) < 4.78 is 0. The van der Waals surface area contributed by atoms with Crippen molar-refractivity contribution in [2.75, 3.05) is 19.6 Å². The molecule has 4 aliphatic rings. The molecule has 2 aromatic rings. The third kappa shape index (κ3) is 5.70. The van der Waals surface area contributed by atoms with Crippen molar-refractivity contribution in [1.82, 2.24) is 15.5 Å². The Morgan fingerprint density at radius 3 is 2.31 bits per heavy atom. The number of carbonyl (C=O) groups excluding carboxylic acids is 2. The maximum atomic E-state index is 13.6. The van der Waals surface area contributed by atoms with E-state index in [-0.39, 0.29) is 17.9 Å². The number of fused-ring (bicyclic) bond motifs is 3. The Morgan fingerprint density at radius 2 is 1.69 bits per heavy atom. The van der Waals surface area contributed by atoms with Gasteiger partial charge in [-0.3, -0.25) is 9.59 Å². The molecule has 5 nitrogen and oxygen atoms in total. The highest BCUT2D eigenvalue weighted by molar-refractivity contribution is 6.35. The van der Waals surface area contributed by atoms with Crippen LogP contribution in [-0.2, 0) is 21.4 Å². The van der Waals surface area contributed by atoms with Gasteiger partial charge in [0, 0.05) is 27.7 Å². The van der Waals surface area contributed by atoms with Crippen LogP contribution in [0, 0.1) is 5.92 Å². The van der Waals surface area contributed by atoms with Gasteiger partial charge in [-0.25, -0.2) is 0 Å². The van der Waals surface area contributed by atoms with Crippen molar-refractivity contribution in [1.29, 1.82) is 0 Å². The molecule has 0 spiro atoms. The summed E-state index contributed by atoms with van der Waals surface area (Å²) in [6.07, 6.45) is 5.80. The molecule has 2 bridgehead atoms. The molecule has 2 unspecified atom stereocenters. The zero-order valence-electron chi connectivity index (χ0n) is 20.2. The molecule has 2 aromatic carbocycles. The summed E-state index contributed by atoms with van der Waals surface area (Å²) in [5.74, 6) is 0.301. The average molecular weight is 549 g/mol. The number of rotatable bonds is 9. The lowest BCUT2D eigenvalue weighted by atomic mass is 9.84. The standard InChI is InChI=1S/C28H32Cl3N3O2/c29-20-6-4-18(5-7-20)2-1-3-24(26(35)32-25-17-34-14-10-19(25)11-15-34)33-27(36)28(12-13-28)22-9-8-21(30)16-23(22)31/h4-9,16,19,24-25H,1-3,10-15,17H2,(H,32,35)(H,33,36). The van der Waals surface area contributed by atoms with Gasteiger partial charge in [-0.05, 0) is 99.3 Å². The molecule has 36 heavy (non-hydrogen) atoms. The predicted molar refractivity (Wildman–Crippen MR) is 145 cm³/mol. The number of aryl methyl sites for hydroxylation is 1. The van der Waals surface area contributed by atoms with Gasteiger partial charge in [0.15, 0.2) is 0 Å². The molecule has 2 N–H and O–H groups in total. The van der Waals surface area contributed by atoms with Crippen LogP contribution in [0.2, 0.25) is 15.1 Å². The number of hydrogen-bond acceptors (Lipinski definition) is 3. The Balaban J connectivity index is 1.28. The van der Waals surface area contributed by atoms with Crippen molar-refractivity contribution >= 4 is 46.6 Å². The lowest BCUT2D eigenvalue weighted by Gasteiger charge is -2.45. The van der Waals surface area contributed by atoms with Crippen LogP contribution in [0.15, 0.2) is 42.5 Å². The van der Waals surface area contributed by atoms with E-state index in [1.165, 1.54) is 0 Å². The highest BCUT2D eigenvalue weighted by Crippen LogP contribution is 2.51. The minimum absolute atomic E-state index is 0.0868. The SMILES string of the molecule is O=C(NC1CN2CCC1CC2)C(CCCc1ccc(Cl)cc1)NC(=O)C1(c2ccc(Cl)cc2Cl)CC1. The molecule has 0 radical (unpaired) electrons. The van der Waals surface area contributed by atoms with Gasteiger partial charge < -0.3 is 15.5 Å². The van der Waals surface area contributed by atoms with Crippen molar-refractivity contribution < 1.29 is 9.59 Å². The molecule has 192 valence electrons. The van der Waals surface area contributed by atoms with Crippen LogP contribution in [0.5, 0.6) is 0 Å². The van der Waals surface area contributed by atoms with E-state index in [1.807, 2.05) is 30.3 Å². The highest BCUT2D eigenvalue weighted by Gasteiger charge is 2.53. The quantitative estimate of drug-likeness (QED) is 0.441. The number of hydrogen-bond donors (Lipinski definition) is 2. The van der Waals surface area contributed by atoms with Crippen molar-refractivity contribution in [3.8, 4) is 0 Å². The molecule has 3 saturated heterocycles. The summed E-state index contributed by atoms with van der Waals surface area (Å²) >= 11 is 18.6. The van der Waals surface area contributed by atoms with Gasteiger partial charge in [-0.2, -0.15) is 0 Å². The number of benzene rings is 2. The molecule has 2 atom stereocenters. The van der Waals surface area contributed by atoms with E-state index < -0.39 is 11.5 Å². The van der Waals surface area contributed by atoms with Crippen LogP contribution in [0.3, 0.4) is 0 Å². The molecule has 1 aliphatic carbocycles. The summed E-state index contributed by atoms with van der Waals surface area (Å²) in [6.45, 7) is 3.12. The monoisotopic (exact) mass is 547 g/mol. The number of halogens is 3. The molecular weight excluding hydrogens is 517 g/mol. The molecule has 6 rings (SSSR count). The Labute approximate surface area is 227 Å². The van der Waals surface area contributed by atoms with Crippen molar-refractivity contribution in [3.05, 3.63) is 68.7 Å². The zero-order valence-corrected chi connectivity index (χ0v) is 22.5. The van der Waals surface area contributed by atoms with Crippen molar-refractivity contribution in [2.45, 2.75) is 62.4 Å². The summed E-state index contributed by atoms with van der Waals surface area (Å²) in [5, 5.41) is 8.13. The van der Waals surface area contributed by atoms with E-state index in [1.54, 1.807) is 12.1 Å². The van der Waals surface area contributed by atoms with Crippen LogP contribution < -0.4 is 10.6 Å². The number of nitrogens with one attached hydrogen (secondary N) is 2. The van der Waals surface area contributed by atoms with E-state index in [2.05, 4.69) is 15.5 Å². The second kappa shape index (κ2) is 10.9. The number of amides is 2. The summed E-state index contributed by atoms with van der Waals surface area (Å²) in [4.78, 5) is 29.5. The molecule has 3 aliphatic heterocycles. The molecule has 3 heterocycles. The summed E-state index contributed by atoms with van der Waals surface area (Å²) in [7, 11) is 0. The predicted octanol–water partition coefficient (Wildman–Crippen LogP) is 5.40. The molecule has 0 aromatic heterocycles. The highest BCUT2D eigenvalue weighted by atomic mass is 35.5. The fraction of sp³-hybridized carbons (Fsp3) is 0.500. The van der Waals surface area contributed by atoms with E-state index in [9.17, 15) is 9.59 Å². The third-order valence-corrected chi connectivity index (χ3v) is 8.91. The molecular formula is C28H32Cl3N3O2. The topological polar surface area (TPSA) is 61.4 Å². The average Bonchev–Trinajstić information content (AvgIpc) is 3.67. The van der Waals surface area contributed by atoms with E-state index in [0.717, 1.165) is 56.4 Å². The maximum absolute atomic E-state index is 13.6. The Hall–Kier alpha value is -1.79. The van der Waals surface area contributed by atoms with Crippen LogP contribution in [0.4, 0.5) is 0 Å². The normalized spacial score (nSPS) is 24.7. The Bertz CT molecular complexity index is 1110.